The number of carbonyl (C=O) groups excluding carboxylic acids is 2. The van der Waals surface area contributed by atoms with Crippen LogP contribution in [0.2, 0.25) is 0 Å². The number of nitrogens with one attached hydrogen (secondary N) is 1. The summed E-state index contributed by atoms with van der Waals surface area (Å²) in [6, 6.07) is 6.11. The molecule has 26 heavy (non-hydrogen) atoms. The lowest BCUT2D eigenvalue weighted by molar-refractivity contribution is -0.126. The van der Waals surface area contributed by atoms with E-state index in [2.05, 4.69) is 5.32 Å². The second kappa shape index (κ2) is 7.36. The molecule has 1 aromatic rings. The van der Waals surface area contributed by atoms with Crippen molar-refractivity contribution >= 4 is 21.8 Å². The number of likely N-dealkylation sites (tertiary alicyclic amines) is 1. The van der Waals surface area contributed by atoms with Crippen molar-refractivity contribution in [2.45, 2.75) is 24.2 Å². The van der Waals surface area contributed by atoms with E-state index >= 15 is 0 Å². The predicted octanol–water partition coefficient (Wildman–Crippen LogP) is 0.925. The fraction of sp³-hybridized carbons (Fsp3) is 0.556. The molecule has 2 amide bonds. The van der Waals surface area contributed by atoms with Crippen molar-refractivity contribution in [2.75, 3.05) is 33.7 Å². The summed E-state index contributed by atoms with van der Waals surface area (Å²) in [6.45, 7) is 1.47. The number of benzene rings is 1. The van der Waals surface area contributed by atoms with Crippen LogP contribution in [0.4, 0.5) is 0 Å². The first-order valence-electron chi connectivity index (χ1n) is 8.86. The molecular formula is C18H25N3O4S. The molecule has 1 heterocycles. The summed E-state index contributed by atoms with van der Waals surface area (Å²) in [5.41, 5.74) is 0.343. The van der Waals surface area contributed by atoms with Gasteiger partial charge in [-0.15, -0.1) is 0 Å². The van der Waals surface area contributed by atoms with Crippen molar-refractivity contribution in [1.29, 1.82) is 0 Å². The lowest BCUT2D eigenvalue weighted by Gasteiger charge is -2.21. The molecule has 1 atom stereocenters. The summed E-state index contributed by atoms with van der Waals surface area (Å²) >= 11 is 0. The predicted molar refractivity (Wildman–Crippen MR) is 97.1 cm³/mol. The molecule has 0 radical (unpaired) electrons. The highest BCUT2D eigenvalue weighted by atomic mass is 32.2. The van der Waals surface area contributed by atoms with Gasteiger partial charge in [-0.3, -0.25) is 9.59 Å². The highest BCUT2D eigenvalue weighted by Gasteiger charge is 2.31. The van der Waals surface area contributed by atoms with Crippen molar-refractivity contribution in [2.24, 2.45) is 11.8 Å². The molecule has 7 nitrogen and oxygen atoms in total. The minimum absolute atomic E-state index is 0.0164. The van der Waals surface area contributed by atoms with E-state index in [1.54, 1.807) is 24.1 Å². The van der Waals surface area contributed by atoms with Gasteiger partial charge >= 0.3 is 0 Å². The highest BCUT2D eigenvalue weighted by Crippen LogP contribution is 2.27. The highest BCUT2D eigenvalue weighted by molar-refractivity contribution is 7.89. The topological polar surface area (TPSA) is 86.8 Å². The molecule has 1 unspecified atom stereocenters. The number of nitrogens with zero attached hydrogens (tertiary/aromatic N) is 2. The second-order valence-corrected chi connectivity index (χ2v) is 9.36. The molecule has 1 aliphatic heterocycles. The molecule has 2 aliphatic rings. The third-order valence-electron chi connectivity index (χ3n) is 4.99. The first-order valence-corrected chi connectivity index (χ1v) is 10.3. The molecule has 1 saturated heterocycles. The smallest absolute Gasteiger partial charge is 0.251 e. The molecule has 8 heteroatoms. The number of amides is 2. The van der Waals surface area contributed by atoms with Gasteiger partial charge in [-0.25, -0.2) is 12.7 Å². The Morgan fingerprint density at radius 1 is 1.31 bits per heavy atom. The van der Waals surface area contributed by atoms with Crippen LogP contribution < -0.4 is 5.32 Å². The van der Waals surface area contributed by atoms with E-state index in [0.29, 0.717) is 31.0 Å². The van der Waals surface area contributed by atoms with E-state index in [0.717, 1.165) is 12.8 Å². The summed E-state index contributed by atoms with van der Waals surface area (Å²) in [6.07, 6.45) is 2.64. The Balaban J connectivity index is 1.68. The fourth-order valence-electron chi connectivity index (χ4n) is 3.18. The maximum absolute atomic E-state index is 12.8. The average molecular weight is 379 g/mol. The molecule has 0 spiro atoms. The van der Waals surface area contributed by atoms with Crippen LogP contribution in [0.15, 0.2) is 29.2 Å². The van der Waals surface area contributed by atoms with Crippen LogP contribution in [0.5, 0.6) is 0 Å². The lowest BCUT2D eigenvalue weighted by Crippen LogP contribution is -2.33. The van der Waals surface area contributed by atoms with Gasteiger partial charge in [0.1, 0.15) is 0 Å². The first-order chi connectivity index (χ1) is 12.3. The SMILES string of the molecule is CN1CC(CN(C)S(=O)(=O)c2cccc(C(=O)NCC3CC3)c2)CC1=O. The van der Waals surface area contributed by atoms with Gasteiger partial charge in [-0.2, -0.15) is 0 Å². The van der Waals surface area contributed by atoms with Crippen molar-refractivity contribution < 1.29 is 18.0 Å². The Kier molecular flexibility index (Phi) is 5.34. The van der Waals surface area contributed by atoms with Crippen LogP contribution in [0.25, 0.3) is 0 Å². The maximum atomic E-state index is 12.8. The summed E-state index contributed by atoms with van der Waals surface area (Å²) < 4.78 is 26.9. The van der Waals surface area contributed by atoms with Crippen molar-refractivity contribution in [1.82, 2.24) is 14.5 Å². The molecule has 1 N–H and O–H groups in total. The zero-order chi connectivity index (χ0) is 18.9. The molecule has 1 aliphatic carbocycles. The fourth-order valence-corrected chi connectivity index (χ4v) is 4.47. The van der Waals surface area contributed by atoms with E-state index in [9.17, 15) is 18.0 Å². The van der Waals surface area contributed by atoms with Gasteiger partial charge in [0.05, 0.1) is 4.90 Å². The second-order valence-electron chi connectivity index (χ2n) is 7.31. The van der Waals surface area contributed by atoms with E-state index in [1.807, 2.05) is 0 Å². The molecule has 0 aromatic heterocycles. The molecule has 142 valence electrons. The van der Waals surface area contributed by atoms with E-state index in [-0.39, 0.29) is 29.2 Å². The van der Waals surface area contributed by atoms with Crippen LogP contribution in [0, 0.1) is 11.8 Å². The standard InChI is InChI=1S/C18H25N3O4S/c1-20-11-14(8-17(20)22)12-21(2)26(24,25)16-5-3-4-15(9-16)18(23)19-10-13-6-7-13/h3-5,9,13-14H,6-8,10-12H2,1-2H3,(H,19,23). The average Bonchev–Trinajstić information content (AvgIpc) is 3.38. The normalized spacial score (nSPS) is 20.7. The van der Waals surface area contributed by atoms with Crippen LogP contribution >= 0.6 is 0 Å². The summed E-state index contributed by atoms with van der Waals surface area (Å²) in [4.78, 5) is 25.6. The van der Waals surface area contributed by atoms with Crippen LogP contribution in [-0.4, -0.2) is 63.2 Å². The summed E-state index contributed by atoms with van der Waals surface area (Å²) in [5, 5.41) is 2.85. The van der Waals surface area contributed by atoms with Gasteiger partial charge < -0.3 is 10.2 Å². The molecule has 1 aromatic carbocycles. The van der Waals surface area contributed by atoms with E-state index < -0.39 is 10.0 Å². The number of hydrogen-bond acceptors (Lipinski definition) is 4. The van der Waals surface area contributed by atoms with Crippen molar-refractivity contribution in [3.8, 4) is 0 Å². The van der Waals surface area contributed by atoms with Gasteiger partial charge in [0.15, 0.2) is 0 Å². The summed E-state index contributed by atoms with van der Waals surface area (Å²) in [7, 11) is -0.478. The number of carbonyl (C=O) groups is 2. The Morgan fingerprint density at radius 2 is 2.04 bits per heavy atom. The number of hydrogen-bond donors (Lipinski definition) is 1. The monoisotopic (exact) mass is 379 g/mol. The Labute approximate surface area is 154 Å². The largest absolute Gasteiger partial charge is 0.352 e. The first kappa shape index (κ1) is 18.8. The Hall–Kier alpha value is -1.93. The van der Waals surface area contributed by atoms with Crippen molar-refractivity contribution in [3.05, 3.63) is 29.8 Å². The third kappa shape index (κ3) is 4.24. The van der Waals surface area contributed by atoms with Gasteiger partial charge in [0.25, 0.3) is 5.91 Å². The molecule has 0 bridgehead atoms. The molecule has 3 rings (SSSR count). The maximum Gasteiger partial charge on any atom is 0.251 e. The van der Waals surface area contributed by atoms with E-state index in [1.165, 1.54) is 23.5 Å². The van der Waals surface area contributed by atoms with Gasteiger partial charge in [0, 0.05) is 45.7 Å². The minimum Gasteiger partial charge on any atom is -0.352 e. The van der Waals surface area contributed by atoms with Crippen molar-refractivity contribution in [3.63, 3.8) is 0 Å². The Morgan fingerprint density at radius 3 is 2.65 bits per heavy atom. The van der Waals surface area contributed by atoms with E-state index in [4.69, 9.17) is 0 Å². The number of rotatable bonds is 7. The van der Waals surface area contributed by atoms with Gasteiger partial charge in [0.2, 0.25) is 15.9 Å². The molecule has 2 fully saturated rings. The summed E-state index contributed by atoms with van der Waals surface area (Å²) in [5.74, 6) is 0.330. The third-order valence-corrected chi connectivity index (χ3v) is 6.81. The zero-order valence-electron chi connectivity index (χ0n) is 15.1. The van der Waals surface area contributed by atoms with Crippen LogP contribution in [-0.2, 0) is 14.8 Å². The lowest BCUT2D eigenvalue weighted by atomic mass is 10.1. The van der Waals surface area contributed by atoms with Crippen LogP contribution in [0.3, 0.4) is 0 Å². The Bertz CT molecular complexity index is 804. The zero-order valence-corrected chi connectivity index (χ0v) is 16.0. The molecule has 1 saturated carbocycles. The van der Waals surface area contributed by atoms with Gasteiger partial charge in [-0.1, -0.05) is 6.07 Å². The molecular weight excluding hydrogens is 354 g/mol. The minimum atomic E-state index is -3.71. The van der Waals surface area contributed by atoms with Gasteiger partial charge in [-0.05, 0) is 42.9 Å². The quantitative estimate of drug-likeness (QED) is 0.763. The number of sulfonamides is 1. The van der Waals surface area contributed by atoms with Crippen LogP contribution in [0.1, 0.15) is 29.6 Å².